The van der Waals surface area contributed by atoms with E-state index in [1.54, 1.807) is 38.3 Å². The Hall–Kier alpha value is -2.68. The second-order valence-electron chi connectivity index (χ2n) is 6.36. The minimum Gasteiger partial charge on any atom is -0.497 e. The molecular formula is C18H21N3O5S. The van der Waals surface area contributed by atoms with Gasteiger partial charge in [-0.15, -0.1) is 0 Å². The largest absolute Gasteiger partial charge is 0.497 e. The van der Waals surface area contributed by atoms with Gasteiger partial charge in [0.15, 0.2) is 9.84 Å². The van der Waals surface area contributed by atoms with Crippen LogP contribution in [-0.2, 0) is 9.84 Å². The number of benzene rings is 1. The normalized spacial score (nSPS) is 18.2. The van der Waals surface area contributed by atoms with Crippen molar-refractivity contribution in [2.24, 2.45) is 0 Å². The molecule has 1 fully saturated rings. The fraction of sp³-hybridized carbons (Fsp3) is 0.389. The summed E-state index contributed by atoms with van der Waals surface area (Å²) in [4.78, 5) is 32.8. The third-order valence-electron chi connectivity index (χ3n) is 4.61. The number of nitrogens with one attached hydrogen (secondary N) is 1. The molecule has 1 amide bonds. The number of rotatable bonds is 5. The number of aromatic amines is 1. The number of carbonyl (C=O) groups excluding carboxylic acids is 1. The number of carbonyl (C=O) groups is 1. The van der Waals surface area contributed by atoms with Crippen molar-refractivity contribution < 1.29 is 17.9 Å². The topological polar surface area (TPSA) is 109 Å². The molecule has 9 heteroatoms. The molecule has 1 N–H and O–H groups in total. The number of ether oxygens (including phenoxy) is 1. The summed E-state index contributed by atoms with van der Waals surface area (Å²) in [6, 6.07) is 8.10. The van der Waals surface area contributed by atoms with Crippen molar-refractivity contribution in [3.05, 3.63) is 46.5 Å². The van der Waals surface area contributed by atoms with Gasteiger partial charge in [0.1, 0.15) is 11.4 Å². The molecule has 1 unspecified atom stereocenters. The van der Waals surface area contributed by atoms with Crippen molar-refractivity contribution >= 4 is 15.7 Å². The Balaban J connectivity index is 1.92. The maximum absolute atomic E-state index is 12.9. The highest BCUT2D eigenvalue weighted by Crippen LogP contribution is 2.22. The van der Waals surface area contributed by atoms with Gasteiger partial charge in [0.05, 0.1) is 24.3 Å². The van der Waals surface area contributed by atoms with Crippen LogP contribution in [0.2, 0.25) is 0 Å². The first-order chi connectivity index (χ1) is 12.8. The molecule has 0 bridgehead atoms. The molecule has 0 radical (unpaired) electrons. The smallest absolute Gasteiger partial charge is 0.346 e. The quantitative estimate of drug-likeness (QED) is 0.817. The van der Waals surface area contributed by atoms with Crippen LogP contribution in [0, 0.1) is 0 Å². The van der Waals surface area contributed by atoms with Crippen LogP contribution in [0.15, 0.2) is 35.1 Å². The highest BCUT2D eigenvalue weighted by molar-refractivity contribution is 7.91. The molecule has 1 aromatic heterocycles. The lowest BCUT2D eigenvalue weighted by Crippen LogP contribution is -2.42. The second-order valence-corrected chi connectivity index (χ2v) is 8.59. The Morgan fingerprint density at radius 1 is 1.33 bits per heavy atom. The van der Waals surface area contributed by atoms with Crippen LogP contribution in [0.25, 0.3) is 11.3 Å². The summed E-state index contributed by atoms with van der Waals surface area (Å²) in [5.74, 6) is 0.284. The van der Waals surface area contributed by atoms with E-state index in [0.717, 1.165) is 0 Å². The van der Waals surface area contributed by atoms with Gasteiger partial charge in [0.25, 0.3) is 5.91 Å². The van der Waals surface area contributed by atoms with Gasteiger partial charge in [0.2, 0.25) is 0 Å². The van der Waals surface area contributed by atoms with Gasteiger partial charge in [-0.25, -0.2) is 13.2 Å². The molecular weight excluding hydrogens is 370 g/mol. The molecule has 2 aromatic rings. The number of nitrogens with zero attached hydrogens (tertiary/aromatic N) is 2. The van der Waals surface area contributed by atoms with Crippen molar-refractivity contribution in [1.29, 1.82) is 0 Å². The summed E-state index contributed by atoms with van der Waals surface area (Å²) in [7, 11) is -1.57. The van der Waals surface area contributed by atoms with E-state index in [9.17, 15) is 18.0 Å². The number of amides is 1. The predicted octanol–water partition coefficient (Wildman–Crippen LogP) is 1.09. The number of methoxy groups -OCH3 is 1. The molecule has 1 aliphatic heterocycles. The fourth-order valence-corrected chi connectivity index (χ4v) is 4.96. The van der Waals surface area contributed by atoms with E-state index in [-0.39, 0.29) is 23.2 Å². The molecule has 1 atom stereocenters. The van der Waals surface area contributed by atoms with Gasteiger partial charge in [-0.2, -0.15) is 4.98 Å². The molecule has 1 aliphatic rings. The zero-order valence-electron chi connectivity index (χ0n) is 15.1. The summed E-state index contributed by atoms with van der Waals surface area (Å²) in [6.07, 6.45) is 0.405. The van der Waals surface area contributed by atoms with Crippen LogP contribution >= 0.6 is 0 Å². The summed E-state index contributed by atoms with van der Waals surface area (Å²) in [6.45, 7) is 2.13. The monoisotopic (exact) mass is 391 g/mol. The maximum atomic E-state index is 12.9. The fourth-order valence-electron chi connectivity index (χ4n) is 3.23. The minimum atomic E-state index is -3.12. The molecule has 0 saturated carbocycles. The van der Waals surface area contributed by atoms with E-state index in [4.69, 9.17) is 4.74 Å². The lowest BCUT2D eigenvalue weighted by atomic mass is 10.1. The Labute approximate surface area is 157 Å². The molecule has 1 aromatic carbocycles. The zero-order chi connectivity index (χ0) is 19.6. The van der Waals surface area contributed by atoms with Gasteiger partial charge in [0, 0.05) is 18.2 Å². The van der Waals surface area contributed by atoms with E-state index < -0.39 is 21.4 Å². The van der Waals surface area contributed by atoms with Gasteiger partial charge >= 0.3 is 5.69 Å². The van der Waals surface area contributed by atoms with Gasteiger partial charge in [-0.3, -0.25) is 4.79 Å². The van der Waals surface area contributed by atoms with Gasteiger partial charge in [-0.05, 0) is 43.7 Å². The second kappa shape index (κ2) is 7.51. The number of hydrogen-bond acceptors (Lipinski definition) is 6. The zero-order valence-corrected chi connectivity index (χ0v) is 16.0. The van der Waals surface area contributed by atoms with E-state index in [2.05, 4.69) is 9.97 Å². The van der Waals surface area contributed by atoms with Crippen molar-refractivity contribution in [3.8, 4) is 17.0 Å². The predicted molar refractivity (Wildman–Crippen MR) is 101 cm³/mol. The van der Waals surface area contributed by atoms with E-state index in [1.165, 1.54) is 11.0 Å². The maximum Gasteiger partial charge on any atom is 0.346 e. The van der Waals surface area contributed by atoms with Crippen LogP contribution in [0.3, 0.4) is 0 Å². The average molecular weight is 391 g/mol. The molecule has 27 heavy (non-hydrogen) atoms. The Kier molecular flexibility index (Phi) is 5.31. The highest BCUT2D eigenvalue weighted by atomic mass is 32.2. The summed E-state index contributed by atoms with van der Waals surface area (Å²) in [5.41, 5.74) is 0.482. The number of H-pyrrole nitrogens is 1. The molecule has 2 heterocycles. The van der Waals surface area contributed by atoms with Crippen LogP contribution < -0.4 is 10.4 Å². The lowest BCUT2D eigenvalue weighted by molar-refractivity contribution is 0.0702. The standard InChI is InChI=1S/C18H21N3O5S/c1-3-21(13-8-9-27(24,25)11-13)17(22)16-10-15(19-18(23)20-16)12-4-6-14(26-2)7-5-12/h4-7,10,13H,3,8-9,11H2,1-2H3,(H,19,20,23). The van der Waals surface area contributed by atoms with Gasteiger partial charge in [-0.1, -0.05) is 0 Å². The molecule has 8 nitrogen and oxygen atoms in total. The van der Waals surface area contributed by atoms with Crippen molar-refractivity contribution in [3.63, 3.8) is 0 Å². The molecule has 0 aliphatic carbocycles. The Morgan fingerprint density at radius 2 is 2.04 bits per heavy atom. The lowest BCUT2D eigenvalue weighted by Gasteiger charge is -2.26. The van der Waals surface area contributed by atoms with E-state index in [1.807, 2.05) is 0 Å². The van der Waals surface area contributed by atoms with Crippen molar-refractivity contribution in [1.82, 2.24) is 14.9 Å². The molecule has 144 valence electrons. The van der Waals surface area contributed by atoms with E-state index >= 15 is 0 Å². The Bertz CT molecular complexity index is 998. The number of aromatic nitrogens is 2. The summed E-state index contributed by atoms with van der Waals surface area (Å²) >= 11 is 0. The average Bonchev–Trinajstić information content (AvgIpc) is 3.01. The summed E-state index contributed by atoms with van der Waals surface area (Å²) in [5, 5.41) is 0. The first kappa shape index (κ1) is 19.1. The first-order valence-corrected chi connectivity index (χ1v) is 10.4. The van der Waals surface area contributed by atoms with Crippen LogP contribution in [-0.4, -0.2) is 60.4 Å². The highest BCUT2D eigenvalue weighted by Gasteiger charge is 2.34. The van der Waals surface area contributed by atoms with Gasteiger partial charge < -0.3 is 14.6 Å². The first-order valence-electron chi connectivity index (χ1n) is 8.60. The van der Waals surface area contributed by atoms with Crippen LogP contribution in [0.4, 0.5) is 0 Å². The summed E-state index contributed by atoms with van der Waals surface area (Å²) < 4.78 is 28.6. The third kappa shape index (κ3) is 4.19. The number of sulfone groups is 1. The molecule has 0 spiro atoms. The SMILES string of the molecule is CCN(C(=O)c1cc(-c2ccc(OC)cc2)nc(=O)[nH]1)C1CCS(=O)(=O)C1. The van der Waals surface area contributed by atoms with Crippen molar-refractivity contribution in [2.75, 3.05) is 25.2 Å². The molecule has 3 rings (SSSR count). The Morgan fingerprint density at radius 3 is 2.59 bits per heavy atom. The molecule has 1 saturated heterocycles. The van der Waals surface area contributed by atoms with Crippen LogP contribution in [0.5, 0.6) is 5.75 Å². The number of hydrogen-bond donors (Lipinski definition) is 1. The van der Waals surface area contributed by atoms with Crippen LogP contribution in [0.1, 0.15) is 23.8 Å². The minimum absolute atomic E-state index is 0.0484. The third-order valence-corrected chi connectivity index (χ3v) is 6.36. The van der Waals surface area contributed by atoms with E-state index in [0.29, 0.717) is 30.0 Å². The van der Waals surface area contributed by atoms with Crippen molar-refractivity contribution in [2.45, 2.75) is 19.4 Å².